The summed E-state index contributed by atoms with van der Waals surface area (Å²) in [6, 6.07) is 8.41. The van der Waals surface area contributed by atoms with E-state index in [0.717, 1.165) is 18.4 Å². The van der Waals surface area contributed by atoms with Crippen molar-refractivity contribution in [2.75, 3.05) is 35.6 Å². The number of fused-ring (bicyclic) bond motifs is 1. The summed E-state index contributed by atoms with van der Waals surface area (Å²) in [6.07, 6.45) is -3.84. The second kappa shape index (κ2) is 7.82. The molecule has 7 nitrogen and oxygen atoms in total. The highest BCUT2D eigenvalue weighted by Gasteiger charge is 2.32. The van der Waals surface area contributed by atoms with Gasteiger partial charge in [-0.2, -0.15) is 13.2 Å². The first-order valence-electron chi connectivity index (χ1n) is 8.38. The summed E-state index contributed by atoms with van der Waals surface area (Å²) in [5, 5.41) is 2.51. The molecule has 0 radical (unpaired) electrons. The van der Waals surface area contributed by atoms with Crippen LogP contribution in [-0.2, 0) is 21.0 Å². The summed E-state index contributed by atoms with van der Waals surface area (Å²) >= 11 is 0. The van der Waals surface area contributed by atoms with Gasteiger partial charge in [-0.25, -0.2) is 8.42 Å². The van der Waals surface area contributed by atoms with Gasteiger partial charge in [0.15, 0.2) is 11.5 Å². The third-order valence-corrected chi connectivity index (χ3v) is 5.12. The molecule has 0 atom stereocenters. The zero-order valence-corrected chi connectivity index (χ0v) is 16.0. The van der Waals surface area contributed by atoms with Gasteiger partial charge in [-0.05, 0) is 30.3 Å². The van der Waals surface area contributed by atoms with Crippen LogP contribution in [0.1, 0.15) is 5.56 Å². The van der Waals surface area contributed by atoms with E-state index >= 15 is 0 Å². The number of benzene rings is 2. The molecule has 0 bridgehead atoms. The highest BCUT2D eigenvalue weighted by molar-refractivity contribution is 7.92. The van der Waals surface area contributed by atoms with Gasteiger partial charge in [0.05, 0.1) is 17.5 Å². The van der Waals surface area contributed by atoms with Crippen molar-refractivity contribution in [1.82, 2.24) is 0 Å². The number of nitrogens with one attached hydrogen (secondary N) is 1. The first kappa shape index (κ1) is 20.8. The average Bonchev–Trinajstić information content (AvgIpc) is 2.64. The lowest BCUT2D eigenvalue weighted by molar-refractivity contribution is -0.137. The van der Waals surface area contributed by atoms with Gasteiger partial charge < -0.3 is 14.8 Å². The van der Waals surface area contributed by atoms with Crippen LogP contribution in [0.2, 0.25) is 0 Å². The van der Waals surface area contributed by atoms with Gasteiger partial charge in [0.2, 0.25) is 15.9 Å². The Morgan fingerprint density at radius 2 is 1.79 bits per heavy atom. The molecule has 3 rings (SSSR count). The number of amides is 1. The Labute approximate surface area is 165 Å². The Hall–Kier alpha value is -2.95. The third-order valence-electron chi connectivity index (χ3n) is 3.97. The van der Waals surface area contributed by atoms with Gasteiger partial charge in [0, 0.05) is 11.8 Å². The van der Waals surface area contributed by atoms with Gasteiger partial charge in [0.1, 0.15) is 19.8 Å². The fourth-order valence-corrected chi connectivity index (χ4v) is 3.54. The fourth-order valence-electron chi connectivity index (χ4n) is 2.69. The maximum Gasteiger partial charge on any atom is 0.416 e. The summed E-state index contributed by atoms with van der Waals surface area (Å²) in [4.78, 5) is 12.4. The van der Waals surface area contributed by atoms with Gasteiger partial charge in [-0.3, -0.25) is 9.10 Å². The van der Waals surface area contributed by atoms with Crippen molar-refractivity contribution in [3.05, 3.63) is 48.0 Å². The Balaban J connectivity index is 1.80. The van der Waals surface area contributed by atoms with Crippen molar-refractivity contribution in [3.8, 4) is 11.5 Å². The predicted octanol–water partition coefficient (Wildman–Crippen LogP) is 2.88. The van der Waals surface area contributed by atoms with Crippen LogP contribution in [0.4, 0.5) is 24.5 Å². The van der Waals surface area contributed by atoms with Crippen LogP contribution in [0.15, 0.2) is 42.5 Å². The molecule has 0 fully saturated rings. The minimum atomic E-state index is -4.65. The lowest BCUT2D eigenvalue weighted by Gasteiger charge is -2.23. The van der Waals surface area contributed by atoms with Crippen LogP contribution < -0.4 is 19.1 Å². The lowest BCUT2D eigenvalue weighted by atomic mass is 10.2. The van der Waals surface area contributed by atoms with Crippen LogP contribution in [-0.4, -0.2) is 40.3 Å². The maximum atomic E-state index is 12.9. The van der Waals surface area contributed by atoms with E-state index in [1.54, 1.807) is 12.1 Å². The first-order valence-corrected chi connectivity index (χ1v) is 10.2. The quantitative estimate of drug-likeness (QED) is 0.789. The molecule has 0 saturated carbocycles. The van der Waals surface area contributed by atoms with E-state index in [2.05, 4.69) is 5.32 Å². The van der Waals surface area contributed by atoms with Crippen molar-refractivity contribution >= 4 is 27.3 Å². The molecule has 0 spiro atoms. The molecule has 0 aromatic heterocycles. The number of rotatable bonds is 5. The van der Waals surface area contributed by atoms with E-state index in [1.807, 2.05) is 0 Å². The zero-order chi connectivity index (χ0) is 21.2. The smallest absolute Gasteiger partial charge is 0.416 e. The van der Waals surface area contributed by atoms with Crippen LogP contribution in [0.25, 0.3) is 0 Å². The minimum absolute atomic E-state index is 0.264. The number of hydrogen-bond donors (Lipinski definition) is 1. The molecule has 1 aliphatic heterocycles. The second-order valence-corrected chi connectivity index (χ2v) is 8.13. The van der Waals surface area contributed by atoms with Crippen molar-refractivity contribution in [3.63, 3.8) is 0 Å². The molecule has 0 unspecified atom stereocenters. The molecule has 11 heteroatoms. The predicted molar refractivity (Wildman–Crippen MR) is 99.7 cm³/mol. The van der Waals surface area contributed by atoms with Crippen LogP contribution in [0.5, 0.6) is 11.5 Å². The molecule has 2 aromatic carbocycles. The van der Waals surface area contributed by atoms with Crippen molar-refractivity contribution in [2.45, 2.75) is 6.18 Å². The standard InChI is InChI=1S/C18H17F3N2O5S/c1-29(25,26)23(14-4-2-3-12(9-14)18(19,20)21)11-17(24)22-13-5-6-15-16(10-13)28-8-7-27-15/h2-6,9-10H,7-8,11H2,1H3,(H,22,24). The number of nitrogens with zero attached hydrogens (tertiary/aromatic N) is 1. The number of alkyl halides is 3. The number of sulfonamides is 1. The second-order valence-electron chi connectivity index (χ2n) is 6.22. The number of carbonyl (C=O) groups is 1. The molecule has 1 aliphatic rings. The molecule has 2 aromatic rings. The molecule has 1 heterocycles. The maximum absolute atomic E-state index is 12.9. The topological polar surface area (TPSA) is 84.9 Å². The van der Waals surface area contributed by atoms with E-state index in [4.69, 9.17) is 9.47 Å². The number of anilines is 2. The fraction of sp³-hybridized carbons (Fsp3) is 0.278. The van der Waals surface area contributed by atoms with Gasteiger partial charge >= 0.3 is 6.18 Å². The first-order chi connectivity index (χ1) is 13.5. The lowest BCUT2D eigenvalue weighted by Crippen LogP contribution is -2.37. The Morgan fingerprint density at radius 1 is 1.10 bits per heavy atom. The minimum Gasteiger partial charge on any atom is -0.486 e. The normalized spacial score (nSPS) is 13.7. The zero-order valence-electron chi connectivity index (χ0n) is 15.2. The number of carbonyl (C=O) groups excluding carboxylic acids is 1. The molecule has 1 amide bonds. The third kappa shape index (κ3) is 5.11. The summed E-state index contributed by atoms with van der Waals surface area (Å²) in [5.41, 5.74) is -0.952. The van der Waals surface area contributed by atoms with E-state index in [1.165, 1.54) is 12.1 Å². The largest absolute Gasteiger partial charge is 0.486 e. The molecule has 29 heavy (non-hydrogen) atoms. The van der Waals surface area contributed by atoms with Crippen LogP contribution in [0.3, 0.4) is 0 Å². The molecule has 156 valence electrons. The average molecular weight is 430 g/mol. The monoisotopic (exact) mass is 430 g/mol. The molecule has 0 aliphatic carbocycles. The van der Waals surface area contributed by atoms with Crippen LogP contribution >= 0.6 is 0 Å². The highest BCUT2D eigenvalue weighted by atomic mass is 32.2. The summed E-state index contributed by atoms with van der Waals surface area (Å²) < 4.78 is 74.4. The Morgan fingerprint density at radius 3 is 2.45 bits per heavy atom. The number of hydrogen-bond acceptors (Lipinski definition) is 5. The highest BCUT2D eigenvalue weighted by Crippen LogP contribution is 2.33. The van der Waals surface area contributed by atoms with Crippen molar-refractivity contribution in [2.24, 2.45) is 0 Å². The molecular weight excluding hydrogens is 413 g/mol. The van der Waals surface area contributed by atoms with E-state index in [0.29, 0.717) is 40.8 Å². The van der Waals surface area contributed by atoms with Gasteiger partial charge in [-0.1, -0.05) is 6.07 Å². The van der Waals surface area contributed by atoms with Gasteiger partial charge in [0.25, 0.3) is 0 Å². The molecule has 1 N–H and O–H groups in total. The van der Waals surface area contributed by atoms with E-state index < -0.39 is 34.2 Å². The number of halogens is 3. The van der Waals surface area contributed by atoms with E-state index in [9.17, 15) is 26.4 Å². The van der Waals surface area contributed by atoms with E-state index in [-0.39, 0.29) is 5.69 Å². The Kier molecular flexibility index (Phi) is 5.60. The van der Waals surface area contributed by atoms with Crippen molar-refractivity contribution < 1.29 is 35.9 Å². The molecule has 0 saturated heterocycles. The molecular formula is C18H17F3N2O5S. The van der Waals surface area contributed by atoms with Gasteiger partial charge in [-0.15, -0.1) is 0 Å². The SMILES string of the molecule is CS(=O)(=O)N(CC(=O)Nc1ccc2c(c1)OCCO2)c1cccc(C(F)(F)F)c1. The van der Waals surface area contributed by atoms with Crippen LogP contribution in [0, 0.1) is 0 Å². The number of ether oxygens (including phenoxy) is 2. The summed E-state index contributed by atoms with van der Waals surface area (Å²) in [5.74, 6) is 0.201. The Bertz CT molecular complexity index is 1020. The van der Waals surface area contributed by atoms with Crippen molar-refractivity contribution in [1.29, 1.82) is 0 Å². The summed E-state index contributed by atoms with van der Waals surface area (Å²) in [7, 11) is -4.02. The summed E-state index contributed by atoms with van der Waals surface area (Å²) in [6.45, 7) is 0.0510.